The van der Waals surface area contributed by atoms with Crippen molar-refractivity contribution in [1.29, 1.82) is 0 Å². The predicted molar refractivity (Wildman–Crippen MR) is 256 cm³/mol. The van der Waals surface area contributed by atoms with Crippen molar-refractivity contribution in [1.82, 2.24) is 19.9 Å². The minimum Gasteiger partial charge on any atom is -0.248 e. The van der Waals surface area contributed by atoms with E-state index in [1.807, 2.05) is 18.2 Å². The Bertz CT molecular complexity index is 3580. The van der Waals surface area contributed by atoms with E-state index in [0.717, 1.165) is 60.8 Å². The van der Waals surface area contributed by atoms with Crippen LogP contribution in [0.5, 0.6) is 0 Å². The van der Waals surface area contributed by atoms with E-state index in [2.05, 4.69) is 200 Å². The Hall–Kier alpha value is -8.34. The fraction of sp³-hybridized carbons (Fsp3) is 0.0169. The lowest BCUT2D eigenvalue weighted by Gasteiger charge is -2.30. The van der Waals surface area contributed by atoms with E-state index in [9.17, 15) is 0 Å². The Balaban J connectivity index is 1.05. The van der Waals surface area contributed by atoms with Gasteiger partial charge in [-0.3, -0.25) is 0 Å². The number of nitrogens with zero attached hydrogens (tertiary/aromatic N) is 4. The van der Waals surface area contributed by atoms with Gasteiger partial charge in [-0.25, -0.2) is 19.9 Å². The molecule has 2 heterocycles. The lowest BCUT2D eigenvalue weighted by atomic mass is 9.70. The SMILES string of the molecule is c1ccc(-c2cc(-c3cccc(-c4nc(-c5ccccc5)nc(-c5cccc6ccccc56)n4)c3)c3cc4c(cc3n2)C2(c3ccccc3-c3ccccc32)c2ccccc2-4)cc1. The topological polar surface area (TPSA) is 51.6 Å². The summed E-state index contributed by atoms with van der Waals surface area (Å²) < 4.78 is 0. The highest BCUT2D eigenvalue weighted by Crippen LogP contribution is 2.63. The molecule has 4 heteroatoms. The van der Waals surface area contributed by atoms with Gasteiger partial charge in [0, 0.05) is 27.6 Å². The van der Waals surface area contributed by atoms with Gasteiger partial charge in [-0.05, 0) is 90.7 Å². The number of aromatic nitrogens is 4. The maximum absolute atomic E-state index is 5.50. The van der Waals surface area contributed by atoms with Crippen molar-refractivity contribution in [3.8, 4) is 78.8 Å². The third kappa shape index (κ3) is 5.35. The first-order valence-electron chi connectivity index (χ1n) is 21.5. The van der Waals surface area contributed by atoms with E-state index in [-0.39, 0.29) is 0 Å². The average Bonchev–Trinajstić information content (AvgIpc) is 3.82. The molecule has 2 aromatic heterocycles. The van der Waals surface area contributed by atoms with Gasteiger partial charge in [0.1, 0.15) is 0 Å². The van der Waals surface area contributed by atoms with Crippen LogP contribution in [0.4, 0.5) is 0 Å². The van der Waals surface area contributed by atoms with Crippen LogP contribution in [0.15, 0.2) is 218 Å². The quantitative estimate of drug-likeness (QED) is 0.174. The summed E-state index contributed by atoms with van der Waals surface area (Å²) in [5, 5.41) is 3.33. The summed E-state index contributed by atoms with van der Waals surface area (Å²) in [6.45, 7) is 0. The predicted octanol–water partition coefficient (Wildman–Crippen LogP) is 14.3. The van der Waals surface area contributed by atoms with Gasteiger partial charge in [0.2, 0.25) is 0 Å². The molecule has 0 saturated heterocycles. The monoisotopic (exact) mass is 800 g/mol. The van der Waals surface area contributed by atoms with Crippen molar-refractivity contribution in [3.63, 3.8) is 0 Å². The van der Waals surface area contributed by atoms with E-state index >= 15 is 0 Å². The summed E-state index contributed by atoms with van der Waals surface area (Å²) in [6, 6.07) is 78.0. The van der Waals surface area contributed by atoms with E-state index < -0.39 is 5.41 Å². The van der Waals surface area contributed by atoms with Gasteiger partial charge < -0.3 is 0 Å². The van der Waals surface area contributed by atoms with Crippen LogP contribution in [0.25, 0.3) is 100 Å². The molecule has 1 spiro atoms. The van der Waals surface area contributed by atoms with Gasteiger partial charge in [0.25, 0.3) is 0 Å². The molecule has 0 unspecified atom stereocenters. The molecule has 0 bridgehead atoms. The molecule has 2 aliphatic carbocycles. The Morgan fingerprint density at radius 3 is 1.49 bits per heavy atom. The number of rotatable bonds is 5. The number of hydrogen-bond donors (Lipinski definition) is 0. The number of hydrogen-bond acceptors (Lipinski definition) is 4. The van der Waals surface area contributed by atoms with Gasteiger partial charge in [0.15, 0.2) is 17.5 Å². The highest BCUT2D eigenvalue weighted by Gasteiger charge is 2.51. The summed E-state index contributed by atoms with van der Waals surface area (Å²) in [5.74, 6) is 1.89. The molecule has 0 N–H and O–H groups in total. The number of fused-ring (bicyclic) bond motifs is 12. The van der Waals surface area contributed by atoms with Gasteiger partial charge >= 0.3 is 0 Å². The fourth-order valence-corrected chi connectivity index (χ4v) is 10.4. The second kappa shape index (κ2) is 13.8. The average molecular weight is 801 g/mol. The van der Waals surface area contributed by atoms with E-state index in [1.165, 1.54) is 44.5 Å². The summed E-state index contributed by atoms with van der Waals surface area (Å²) >= 11 is 0. The number of benzene rings is 9. The molecule has 0 saturated carbocycles. The molecule has 292 valence electrons. The maximum Gasteiger partial charge on any atom is 0.164 e. The summed E-state index contributed by atoms with van der Waals surface area (Å²) in [5.41, 5.74) is 17.7. The second-order valence-electron chi connectivity index (χ2n) is 16.5. The van der Waals surface area contributed by atoms with Crippen molar-refractivity contribution < 1.29 is 0 Å². The summed E-state index contributed by atoms with van der Waals surface area (Å²) in [6.07, 6.45) is 0. The third-order valence-corrected chi connectivity index (χ3v) is 13.1. The van der Waals surface area contributed by atoms with Crippen LogP contribution < -0.4 is 0 Å². The molecule has 0 atom stereocenters. The molecule has 13 rings (SSSR count). The number of pyridine rings is 1. The van der Waals surface area contributed by atoms with E-state index in [4.69, 9.17) is 19.9 Å². The van der Waals surface area contributed by atoms with Gasteiger partial charge in [0.05, 0.1) is 16.6 Å². The smallest absolute Gasteiger partial charge is 0.164 e. The van der Waals surface area contributed by atoms with Crippen LogP contribution in [0.1, 0.15) is 22.3 Å². The largest absolute Gasteiger partial charge is 0.248 e. The molecule has 11 aromatic rings. The normalized spacial score (nSPS) is 12.9. The first kappa shape index (κ1) is 35.4. The van der Waals surface area contributed by atoms with E-state index in [1.54, 1.807) is 0 Å². The van der Waals surface area contributed by atoms with Crippen LogP contribution >= 0.6 is 0 Å². The summed E-state index contributed by atoms with van der Waals surface area (Å²) in [7, 11) is 0. The van der Waals surface area contributed by atoms with Crippen LogP contribution in [-0.2, 0) is 5.41 Å². The van der Waals surface area contributed by atoms with Crippen LogP contribution in [0.2, 0.25) is 0 Å². The zero-order valence-corrected chi connectivity index (χ0v) is 34.1. The van der Waals surface area contributed by atoms with Crippen molar-refractivity contribution in [2.75, 3.05) is 0 Å². The zero-order valence-electron chi connectivity index (χ0n) is 34.1. The van der Waals surface area contributed by atoms with Crippen LogP contribution in [0, 0.1) is 0 Å². The molecule has 9 aromatic carbocycles. The van der Waals surface area contributed by atoms with Crippen molar-refractivity contribution in [2.45, 2.75) is 5.41 Å². The molecule has 63 heavy (non-hydrogen) atoms. The van der Waals surface area contributed by atoms with Gasteiger partial charge in [-0.2, -0.15) is 0 Å². The Morgan fingerprint density at radius 1 is 0.270 bits per heavy atom. The standard InChI is InChI=1S/C59H36N4/c1-3-18-38(19-4-1)54-35-47(40-23-15-24-41(33-40)57-61-56(39-20-5-2-6-21-39)62-58(63-57)46-29-16-22-37-17-7-8-25-42(37)46)49-34-48-45-28-11-14-32-52(45)59(53(48)36-55(49)60-54)50-30-12-9-26-43(50)44-27-10-13-31-51(44)59/h1-36H. The van der Waals surface area contributed by atoms with Gasteiger partial charge in [-0.1, -0.05) is 194 Å². The van der Waals surface area contributed by atoms with Crippen molar-refractivity contribution in [2.24, 2.45) is 0 Å². The van der Waals surface area contributed by atoms with E-state index in [0.29, 0.717) is 17.5 Å². The molecular formula is C59H36N4. The maximum atomic E-state index is 5.50. The fourth-order valence-electron chi connectivity index (χ4n) is 10.4. The van der Waals surface area contributed by atoms with Crippen molar-refractivity contribution in [3.05, 3.63) is 241 Å². The second-order valence-corrected chi connectivity index (χ2v) is 16.5. The van der Waals surface area contributed by atoms with Gasteiger partial charge in [-0.15, -0.1) is 0 Å². The molecule has 2 aliphatic rings. The molecule has 4 nitrogen and oxygen atoms in total. The molecular weight excluding hydrogens is 765 g/mol. The first-order chi connectivity index (χ1) is 31.2. The van der Waals surface area contributed by atoms with Crippen LogP contribution in [0.3, 0.4) is 0 Å². The summed E-state index contributed by atoms with van der Waals surface area (Å²) in [4.78, 5) is 21.0. The molecule has 0 aliphatic heterocycles. The lowest BCUT2D eigenvalue weighted by Crippen LogP contribution is -2.25. The van der Waals surface area contributed by atoms with Crippen molar-refractivity contribution >= 4 is 21.7 Å². The lowest BCUT2D eigenvalue weighted by molar-refractivity contribution is 0.794. The Morgan fingerprint density at radius 2 is 0.778 bits per heavy atom. The highest BCUT2D eigenvalue weighted by atomic mass is 15.0. The Kier molecular flexibility index (Phi) is 7.79. The zero-order chi connectivity index (χ0) is 41.5. The molecule has 0 amide bonds. The first-order valence-corrected chi connectivity index (χ1v) is 21.5. The molecule has 0 fully saturated rings. The minimum absolute atomic E-state index is 0.464. The molecule has 0 radical (unpaired) electrons. The minimum atomic E-state index is -0.464. The van der Waals surface area contributed by atoms with Crippen LogP contribution in [-0.4, -0.2) is 19.9 Å². The Labute approximate surface area is 364 Å². The third-order valence-electron chi connectivity index (χ3n) is 13.1. The highest BCUT2D eigenvalue weighted by molar-refractivity contribution is 6.04.